The molecule has 2 rings (SSSR count). The molecule has 0 saturated heterocycles. The fourth-order valence-electron chi connectivity index (χ4n) is 3.27. The second-order valence-electron chi connectivity index (χ2n) is 5.77. The zero-order valence-corrected chi connectivity index (χ0v) is 12.0. The Morgan fingerprint density at radius 2 is 1.84 bits per heavy atom. The van der Waals surface area contributed by atoms with Gasteiger partial charge in [0.05, 0.1) is 0 Å². The predicted molar refractivity (Wildman–Crippen MR) is 80.0 cm³/mol. The Balaban J connectivity index is 1.89. The monoisotopic (exact) mass is 261 g/mol. The van der Waals surface area contributed by atoms with Gasteiger partial charge in [-0.15, -0.1) is 0 Å². The Kier molecular flexibility index (Phi) is 5.87. The van der Waals surface area contributed by atoms with Crippen molar-refractivity contribution < 1.29 is 5.11 Å². The summed E-state index contributed by atoms with van der Waals surface area (Å²) in [4.78, 5) is 0. The minimum absolute atomic E-state index is 0.356. The lowest BCUT2D eigenvalue weighted by Crippen LogP contribution is -2.34. The molecule has 2 heteroatoms. The first-order valence-corrected chi connectivity index (χ1v) is 7.74. The molecule has 1 aromatic rings. The predicted octanol–water partition coefficient (Wildman–Crippen LogP) is 3.53. The molecule has 0 bridgehead atoms. The van der Waals surface area contributed by atoms with Gasteiger partial charge in [0.25, 0.3) is 0 Å². The van der Waals surface area contributed by atoms with Gasteiger partial charge in [0.2, 0.25) is 0 Å². The van der Waals surface area contributed by atoms with Crippen LogP contribution in [0.25, 0.3) is 0 Å². The number of benzene rings is 1. The second kappa shape index (κ2) is 7.66. The molecule has 19 heavy (non-hydrogen) atoms. The highest BCUT2D eigenvalue weighted by molar-refractivity contribution is 5.18. The van der Waals surface area contributed by atoms with Gasteiger partial charge in [0.15, 0.2) is 0 Å². The van der Waals surface area contributed by atoms with Crippen LogP contribution in [0, 0.1) is 11.8 Å². The van der Waals surface area contributed by atoms with Crippen molar-refractivity contribution in [3.8, 4) is 0 Å². The van der Waals surface area contributed by atoms with E-state index < -0.39 is 0 Å². The van der Waals surface area contributed by atoms with Crippen molar-refractivity contribution in [1.29, 1.82) is 0 Å². The summed E-state index contributed by atoms with van der Waals surface area (Å²) in [5.74, 6) is 1.16. The van der Waals surface area contributed by atoms with E-state index in [1.165, 1.54) is 31.2 Å². The highest BCUT2D eigenvalue weighted by atomic mass is 16.3. The van der Waals surface area contributed by atoms with Gasteiger partial charge >= 0.3 is 0 Å². The van der Waals surface area contributed by atoms with Crippen molar-refractivity contribution in [2.24, 2.45) is 11.8 Å². The van der Waals surface area contributed by atoms with Crippen LogP contribution in [0.2, 0.25) is 0 Å². The topological polar surface area (TPSA) is 32.3 Å². The summed E-state index contributed by atoms with van der Waals surface area (Å²) in [5.41, 5.74) is 1.38. The molecule has 0 amide bonds. The first-order chi connectivity index (χ1) is 9.35. The molecule has 2 nitrogen and oxygen atoms in total. The van der Waals surface area contributed by atoms with Crippen LogP contribution in [0.4, 0.5) is 0 Å². The van der Waals surface area contributed by atoms with E-state index in [9.17, 15) is 5.11 Å². The van der Waals surface area contributed by atoms with E-state index in [1.54, 1.807) is 0 Å². The SMILES string of the molecule is CCC(NCC1CCCCC1CO)c1ccccc1. The Morgan fingerprint density at radius 3 is 2.47 bits per heavy atom. The van der Waals surface area contributed by atoms with Gasteiger partial charge in [0.1, 0.15) is 0 Å². The molecular formula is C17H27NO. The molecule has 0 aliphatic heterocycles. The third-order valence-electron chi connectivity index (χ3n) is 4.54. The van der Waals surface area contributed by atoms with Crippen molar-refractivity contribution in [2.45, 2.75) is 45.1 Å². The summed E-state index contributed by atoms with van der Waals surface area (Å²) in [6, 6.07) is 11.1. The molecule has 106 valence electrons. The van der Waals surface area contributed by atoms with Crippen LogP contribution in [-0.4, -0.2) is 18.3 Å². The number of hydrogen-bond acceptors (Lipinski definition) is 2. The maximum Gasteiger partial charge on any atom is 0.0462 e. The molecule has 0 spiro atoms. The van der Waals surface area contributed by atoms with Crippen molar-refractivity contribution in [3.63, 3.8) is 0 Å². The van der Waals surface area contributed by atoms with Crippen LogP contribution in [0.5, 0.6) is 0 Å². The molecular weight excluding hydrogens is 234 g/mol. The van der Waals surface area contributed by atoms with Gasteiger partial charge in [-0.2, -0.15) is 0 Å². The number of nitrogens with one attached hydrogen (secondary N) is 1. The molecule has 1 aliphatic rings. The van der Waals surface area contributed by atoms with Gasteiger partial charge in [0, 0.05) is 12.6 Å². The van der Waals surface area contributed by atoms with Crippen molar-refractivity contribution in [1.82, 2.24) is 5.32 Å². The van der Waals surface area contributed by atoms with E-state index in [2.05, 4.69) is 42.6 Å². The summed E-state index contributed by atoms with van der Waals surface area (Å²) in [6.07, 6.45) is 6.19. The van der Waals surface area contributed by atoms with Crippen LogP contribution >= 0.6 is 0 Å². The molecule has 3 unspecified atom stereocenters. The van der Waals surface area contributed by atoms with Gasteiger partial charge in [-0.3, -0.25) is 0 Å². The Hall–Kier alpha value is -0.860. The van der Waals surface area contributed by atoms with Gasteiger partial charge in [-0.25, -0.2) is 0 Å². The summed E-state index contributed by atoms with van der Waals surface area (Å²) < 4.78 is 0. The number of rotatable bonds is 6. The molecule has 1 aromatic carbocycles. The normalized spacial score (nSPS) is 25.2. The van der Waals surface area contributed by atoms with E-state index in [4.69, 9.17) is 0 Å². The molecule has 3 atom stereocenters. The summed E-state index contributed by atoms with van der Waals surface area (Å²) in [6.45, 7) is 3.63. The van der Waals surface area contributed by atoms with Crippen LogP contribution in [-0.2, 0) is 0 Å². The summed E-state index contributed by atoms with van der Waals surface area (Å²) >= 11 is 0. The van der Waals surface area contributed by atoms with Gasteiger partial charge in [-0.05, 0) is 43.2 Å². The van der Waals surface area contributed by atoms with E-state index in [-0.39, 0.29) is 0 Å². The summed E-state index contributed by atoms with van der Waals surface area (Å²) in [7, 11) is 0. The van der Waals surface area contributed by atoms with Gasteiger partial charge in [-0.1, -0.05) is 50.1 Å². The van der Waals surface area contributed by atoms with Gasteiger partial charge < -0.3 is 10.4 Å². The van der Waals surface area contributed by atoms with Crippen molar-refractivity contribution in [2.75, 3.05) is 13.2 Å². The first kappa shape index (κ1) is 14.5. The maximum atomic E-state index is 9.47. The molecule has 0 radical (unpaired) electrons. The van der Waals surface area contributed by atoms with E-state index in [0.29, 0.717) is 24.5 Å². The van der Waals surface area contributed by atoms with Crippen LogP contribution in [0.15, 0.2) is 30.3 Å². The maximum absolute atomic E-state index is 9.47. The van der Waals surface area contributed by atoms with Crippen molar-refractivity contribution in [3.05, 3.63) is 35.9 Å². The number of aliphatic hydroxyl groups excluding tert-OH is 1. The summed E-state index contributed by atoms with van der Waals surface area (Å²) in [5, 5.41) is 13.2. The highest BCUT2D eigenvalue weighted by Gasteiger charge is 2.24. The van der Waals surface area contributed by atoms with Crippen LogP contribution < -0.4 is 5.32 Å². The average Bonchev–Trinajstić information content (AvgIpc) is 2.49. The van der Waals surface area contributed by atoms with E-state index in [0.717, 1.165) is 13.0 Å². The number of aliphatic hydroxyl groups is 1. The first-order valence-electron chi connectivity index (χ1n) is 7.74. The average molecular weight is 261 g/mol. The molecule has 0 heterocycles. The molecule has 2 N–H and O–H groups in total. The van der Waals surface area contributed by atoms with Crippen LogP contribution in [0.3, 0.4) is 0 Å². The second-order valence-corrected chi connectivity index (χ2v) is 5.77. The minimum Gasteiger partial charge on any atom is -0.396 e. The molecule has 1 saturated carbocycles. The lowest BCUT2D eigenvalue weighted by Gasteiger charge is -2.32. The lowest BCUT2D eigenvalue weighted by molar-refractivity contribution is 0.131. The Bertz CT molecular complexity index is 352. The smallest absolute Gasteiger partial charge is 0.0462 e. The molecule has 1 fully saturated rings. The third kappa shape index (κ3) is 4.05. The Labute approximate surface area is 117 Å². The van der Waals surface area contributed by atoms with Crippen LogP contribution in [0.1, 0.15) is 50.6 Å². The standard InChI is InChI=1S/C17H27NO/c1-2-17(14-8-4-3-5-9-14)18-12-15-10-6-7-11-16(15)13-19/h3-5,8-9,15-19H,2,6-7,10-13H2,1H3. The largest absolute Gasteiger partial charge is 0.396 e. The van der Waals surface area contributed by atoms with E-state index in [1.807, 2.05) is 0 Å². The third-order valence-corrected chi connectivity index (χ3v) is 4.54. The number of hydrogen-bond donors (Lipinski definition) is 2. The molecule has 0 aromatic heterocycles. The van der Waals surface area contributed by atoms with Crippen molar-refractivity contribution >= 4 is 0 Å². The fraction of sp³-hybridized carbons (Fsp3) is 0.647. The fourth-order valence-corrected chi connectivity index (χ4v) is 3.27. The highest BCUT2D eigenvalue weighted by Crippen LogP contribution is 2.30. The Morgan fingerprint density at radius 1 is 1.16 bits per heavy atom. The minimum atomic E-state index is 0.356. The zero-order valence-electron chi connectivity index (χ0n) is 12.0. The quantitative estimate of drug-likeness (QED) is 0.821. The molecule has 1 aliphatic carbocycles. The lowest BCUT2D eigenvalue weighted by atomic mass is 9.79. The zero-order chi connectivity index (χ0) is 13.5. The van der Waals surface area contributed by atoms with E-state index >= 15 is 0 Å².